The van der Waals surface area contributed by atoms with E-state index in [0.717, 1.165) is 30.3 Å². The molecule has 1 aliphatic heterocycles. The molecule has 0 spiro atoms. The van der Waals surface area contributed by atoms with Crippen LogP contribution in [0.4, 0.5) is 0 Å². The molecule has 2 atom stereocenters. The molecule has 0 radical (unpaired) electrons. The maximum atomic E-state index is 12.3. The largest absolute Gasteiger partial charge is 0.348 e. The van der Waals surface area contributed by atoms with Gasteiger partial charge in [-0.15, -0.1) is 0 Å². The maximum Gasteiger partial charge on any atom is 0.251 e. The Labute approximate surface area is 118 Å². The van der Waals surface area contributed by atoms with Gasteiger partial charge in [-0.3, -0.25) is 9.78 Å². The predicted octanol–water partition coefficient (Wildman–Crippen LogP) is 2.11. The van der Waals surface area contributed by atoms with Gasteiger partial charge in [0.15, 0.2) is 0 Å². The van der Waals surface area contributed by atoms with Crippen LogP contribution in [0.1, 0.15) is 30.1 Å². The molecule has 0 bridgehead atoms. The second-order valence-electron chi connectivity index (χ2n) is 5.38. The molecule has 1 aromatic carbocycles. The fourth-order valence-corrected chi connectivity index (χ4v) is 2.71. The van der Waals surface area contributed by atoms with Gasteiger partial charge in [-0.1, -0.05) is 6.07 Å². The summed E-state index contributed by atoms with van der Waals surface area (Å²) < 4.78 is 0. The molecule has 3 rings (SSSR count). The summed E-state index contributed by atoms with van der Waals surface area (Å²) >= 11 is 0. The lowest BCUT2D eigenvalue weighted by Gasteiger charge is -2.30. The van der Waals surface area contributed by atoms with E-state index in [1.54, 1.807) is 6.20 Å². The van der Waals surface area contributed by atoms with Crippen molar-refractivity contribution in [1.82, 2.24) is 15.6 Å². The van der Waals surface area contributed by atoms with Gasteiger partial charge in [0.25, 0.3) is 5.91 Å². The first-order valence-electron chi connectivity index (χ1n) is 7.13. The summed E-state index contributed by atoms with van der Waals surface area (Å²) in [5.74, 6) is -0.00342. The van der Waals surface area contributed by atoms with Gasteiger partial charge >= 0.3 is 0 Å². The third-order valence-corrected chi connectivity index (χ3v) is 3.94. The summed E-state index contributed by atoms with van der Waals surface area (Å²) in [5.41, 5.74) is 1.61. The molecule has 2 aromatic rings. The Morgan fingerprint density at radius 2 is 2.30 bits per heavy atom. The number of carbonyl (C=O) groups is 1. The average molecular weight is 269 g/mol. The van der Waals surface area contributed by atoms with Crippen LogP contribution < -0.4 is 10.6 Å². The number of carbonyl (C=O) groups excluding carboxylic acids is 1. The number of nitrogens with one attached hydrogen (secondary N) is 2. The Morgan fingerprint density at radius 3 is 3.15 bits per heavy atom. The van der Waals surface area contributed by atoms with Crippen LogP contribution in [0.25, 0.3) is 10.9 Å². The molecule has 1 aliphatic rings. The van der Waals surface area contributed by atoms with Crippen molar-refractivity contribution in [3.05, 3.63) is 42.1 Å². The highest BCUT2D eigenvalue weighted by atomic mass is 16.1. The zero-order valence-corrected chi connectivity index (χ0v) is 11.6. The van der Waals surface area contributed by atoms with E-state index in [4.69, 9.17) is 0 Å². The second-order valence-corrected chi connectivity index (χ2v) is 5.38. The van der Waals surface area contributed by atoms with E-state index < -0.39 is 0 Å². The molecule has 1 fully saturated rings. The highest BCUT2D eigenvalue weighted by Gasteiger charge is 2.22. The number of pyridine rings is 1. The number of nitrogens with zero attached hydrogens (tertiary/aromatic N) is 1. The Hall–Kier alpha value is -1.94. The van der Waals surface area contributed by atoms with Crippen molar-refractivity contribution in [3.8, 4) is 0 Å². The van der Waals surface area contributed by atoms with Crippen LogP contribution in [0, 0.1) is 0 Å². The highest BCUT2D eigenvalue weighted by Crippen LogP contribution is 2.14. The van der Waals surface area contributed by atoms with Gasteiger partial charge < -0.3 is 10.6 Å². The molecule has 0 aliphatic carbocycles. The van der Waals surface area contributed by atoms with E-state index in [-0.39, 0.29) is 11.9 Å². The molecule has 104 valence electrons. The lowest BCUT2D eigenvalue weighted by atomic mass is 9.99. The third kappa shape index (κ3) is 2.65. The van der Waals surface area contributed by atoms with Gasteiger partial charge in [-0.25, -0.2) is 0 Å². The summed E-state index contributed by atoms with van der Waals surface area (Å²) in [7, 11) is 0. The van der Waals surface area contributed by atoms with Crippen LogP contribution >= 0.6 is 0 Å². The third-order valence-electron chi connectivity index (χ3n) is 3.94. The van der Waals surface area contributed by atoms with E-state index in [1.807, 2.05) is 30.3 Å². The molecule has 4 nitrogen and oxygen atoms in total. The summed E-state index contributed by atoms with van der Waals surface area (Å²) in [6.45, 7) is 3.16. The quantitative estimate of drug-likeness (QED) is 0.878. The minimum Gasteiger partial charge on any atom is -0.348 e. The lowest BCUT2D eigenvalue weighted by Crippen LogP contribution is -2.51. The van der Waals surface area contributed by atoms with Crippen molar-refractivity contribution in [2.24, 2.45) is 0 Å². The molecule has 2 N–H and O–H groups in total. The van der Waals surface area contributed by atoms with Crippen molar-refractivity contribution in [2.75, 3.05) is 6.54 Å². The minimum absolute atomic E-state index is 0.00342. The molecular weight excluding hydrogens is 250 g/mol. The van der Waals surface area contributed by atoms with E-state index in [9.17, 15) is 4.79 Å². The van der Waals surface area contributed by atoms with Gasteiger partial charge in [0.2, 0.25) is 0 Å². The summed E-state index contributed by atoms with van der Waals surface area (Å²) in [6, 6.07) is 10.0. The average Bonchev–Trinajstić information content (AvgIpc) is 2.49. The number of benzene rings is 1. The molecule has 1 aromatic heterocycles. The van der Waals surface area contributed by atoms with Gasteiger partial charge in [-0.05, 0) is 50.6 Å². The smallest absolute Gasteiger partial charge is 0.251 e. The topological polar surface area (TPSA) is 54.0 Å². The second kappa shape index (κ2) is 5.59. The van der Waals surface area contributed by atoms with Crippen LogP contribution in [0.15, 0.2) is 36.5 Å². The number of hydrogen-bond acceptors (Lipinski definition) is 3. The monoisotopic (exact) mass is 269 g/mol. The zero-order valence-electron chi connectivity index (χ0n) is 11.6. The first-order chi connectivity index (χ1) is 9.74. The van der Waals surface area contributed by atoms with Crippen LogP contribution in [0.2, 0.25) is 0 Å². The molecule has 1 amide bonds. The number of rotatable bonds is 2. The fraction of sp³-hybridized carbons (Fsp3) is 0.375. The van der Waals surface area contributed by atoms with E-state index in [0.29, 0.717) is 11.6 Å². The molecule has 2 unspecified atom stereocenters. The summed E-state index contributed by atoms with van der Waals surface area (Å²) in [5, 5.41) is 7.52. The number of amides is 1. The van der Waals surface area contributed by atoms with Gasteiger partial charge in [0, 0.05) is 29.2 Å². The van der Waals surface area contributed by atoms with E-state index in [2.05, 4.69) is 22.5 Å². The SMILES string of the molecule is CC1NCCCC1NC(=O)c1ccc2ncccc2c1. The van der Waals surface area contributed by atoms with E-state index in [1.165, 1.54) is 0 Å². The zero-order chi connectivity index (χ0) is 13.9. The minimum atomic E-state index is -0.00342. The predicted molar refractivity (Wildman–Crippen MR) is 79.7 cm³/mol. The Balaban J connectivity index is 1.78. The summed E-state index contributed by atoms with van der Waals surface area (Å²) in [6.07, 6.45) is 3.91. The molecular formula is C16H19N3O. The van der Waals surface area contributed by atoms with Crippen molar-refractivity contribution < 1.29 is 4.79 Å². The van der Waals surface area contributed by atoms with Crippen LogP contribution in [0.5, 0.6) is 0 Å². The first-order valence-corrected chi connectivity index (χ1v) is 7.13. The van der Waals surface area contributed by atoms with Crippen molar-refractivity contribution in [2.45, 2.75) is 31.8 Å². The molecule has 0 saturated carbocycles. The Bertz CT molecular complexity index is 626. The molecule has 1 saturated heterocycles. The Kier molecular flexibility index (Phi) is 3.65. The van der Waals surface area contributed by atoms with Crippen LogP contribution in [-0.2, 0) is 0 Å². The number of aromatic nitrogens is 1. The van der Waals surface area contributed by atoms with Crippen molar-refractivity contribution in [1.29, 1.82) is 0 Å². The first kappa shape index (κ1) is 13.1. The van der Waals surface area contributed by atoms with Crippen LogP contribution in [-0.4, -0.2) is 29.5 Å². The van der Waals surface area contributed by atoms with Crippen molar-refractivity contribution in [3.63, 3.8) is 0 Å². The molecule has 20 heavy (non-hydrogen) atoms. The number of fused-ring (bicyclic) bond motifs is 1. The lowest BCUT2D eigenvalue weighted by molar-refractivity contribution is 0.0920. The van der Waals surface area contributed by atoms with Crippen molar-refractivity contribution >= 4 is 16.8 Å². The number of hydrogen-bond donors (Lipinski definition) is 2. The molecule has 2 heterocycles. The molecule has 4 heteroatoms. The van der Waals surface area contributed by atoms with Gasteiger partial charge in [-0.2, -0.15) is 0 Å². The number of piperidine rings is 1. The maximum absolute atomic E-state index is 12.3. The van der Waals surface area contributed by atoms with Gasteiger partial charge in [0.05, 0.1) is 5.52 Å². The normalized spacial score (nSPS) is 22.6. The van der Waals surface area contributed by atoms with Gasteiger partial charge in [0.1, 0.15) is 0 Å². The fourth-order valence-electron chi connectivity index (χ4n) is 2.71. The van der Waals surface area contributed by atoms with Crippen LogP contribution in [0.3, 0.4) is 0 Å². The highest BCUT2D eigenvalue weighted by molar-refractivity contribution is 5.98. The summed E-state index contributed by atoms with van der Waals surface area (Å²) in [4.78, 5) is 16.6. The standard InChI is InChI=1S/C16H19N3O/c1-11-14(5-3-8-17-11)19-16(20)13-6-7-15-12(10-13)4-2-9-18-15/h2,4,6-7,9-11,14,17H,3,5,8H2,1H3,(H,19,20). The Morgan fingerprint density at radius 1 is 1.40 bits per heavy atom. The van der Waals surface area contributed by atoms with E-state index >= 15 is 0 Å².